The van der Waals surface area contributed by atoms with Gasteiger partial charge < -0.3 is 19.0 Å². The smallest absolute Gasteiger partial charge is 0.219 e. The van der Waals surface area contributed by atoms with Crippen LogP contribution in [0.15, 0.2) is 60.7 Å². The zero-order chi connectivity index (χ0) is 22.9. The summed E-state index contributed by atoms with van der Waals surface area (Å²) < 4.78 is 31.3. The van der Waals surface area contributed by atoms with Crippen LogP contribution >= 0.6 is 11.6 Å². The van der Waals surface area contributed by atoms with Crippen LogP contribution in [0.1, 0.15) is 33.8 Å². The summed E-state index contributed by atoms with van der Waals surface area (Å²) in [5, 5.41) is 0.476. The van der Waals surface area contributed by atoms with E-state index in [1.807, 2.05) is 0 Å². The van der Waals surface area contributed by atoms with Gasteiger partial charge in [0.05, 0.1) is 14.2 Å². The molecule has 0 fully saturated rings. The molecule has 0 saturated heterocycles. The Morgan fingerprint density at radius 1 is 1.09 bits per heavy atom. The molecule has 0 saturated carbocycles. The van der Waals surface area contributed by atoms with Crippen molar-refractivity contribution >= 4 is 23.7 Å². The highest BCUT2D eigenvalue weighted by atomic mass is 35.5. The molecule has 0 radical (unpaired) electrons. The fraction of sp³-hybridized carbons (Fsp3) is 0.200. The average Bonchev–Trinajstić information content (AvgIpc) is 3.10. The fourth-order valence-corrected chi connectivity index (χ4v) is 4.35. The van der Waals surface area contributed by atoms with Crippen molar-refractivity contribution in [2.45, 2.75) is 17.9 Å². The number of rotatable bonds is 7. The van der Waals surface area contributed by atoms with Crippen molar-refractivity contribution in [2.75, 3.05) is 14.2 Å². The number of hydrogen-bond donors (Lipinski definition) is 0. The number of ketones is 1. The van der Waals surface area contributed by atoms with Gasteiger partial charge in [-0.15, -0.1) is 0 Å². The van der Waals surface area contributed by atoms with E-state index in [1.165, 1.54) is 32.4 Å². The maximum atomic E-state index is 14.1. The van der Waals surface area contributed by atoms with Crippen molar-refractivity contribution in [2.24, 2.45) is 0 Å². The summed E-state index contributed by atoms with van der Waals surface area (Å²) in [7, 11) is 2.94. The first-order valence-corrected chi connectivity index (χ1v) is 10.3. The largest absolute Gasteiger partial charge is 0.496 e. The van der Waals surface area contributed by atoms with Crippen molar-refractivity contribution < 1.29 is 28.2 Å². The van der Waals surface area contributed by atoms with Gasteiger partial charge in [-0.2, -0.15) is 0 Å². The number of halogens is 2. The Labute approximate surface area is 189 Å². The summed E-state index contributed by atoms with van der Waals surface area (Å²) in [6.45, 7) is 0. The van der Waals surface area contributed by atoms with Gasteiger partial charge in [-0.3, -0.25) is 4.79 Å². The van der Waals surface area contributed by atoms with Crippen LogP contribution in [0.3, 0.4) is 0 Å². The number of benzene rings is 3. The summed E-state index contributed by atoms with van der Waals surface area (Å²) in [5.41, 5.74) is -0.462. The molecule has 2 atom stereocenters. The van der Waals surface area contributed by atoms with Gasteiger partial charge >= 0.3 is 0 Å². The normalized spacial score (nSPS) is 17.9. The second-order valence-corrected chi connectivity index (χ2v) is 7.82. The Morgan fingerprint density at radius 3 is 2.47 bits per heavy atom. The predicted octanol–water partition coefficient (Wildman–Crippen LogP) is 5.34. The number of aldehydes is 1. The second-order valence-electron chi connectivity index (χ2n) is 7.39. The molecule has 32 heavy (non-hydrogen) atoms. The minimum atomic E-state index is -1.64. The number of carbonyl (C=O) groups excluding carboxylic acids is 2. The van der Waals surface area contributed by atoms with Gasteiger partial charge in [0.2, 0.25) is 11.4 Å². The first kappa shape index (κ1) is 21.8. The van der Waals surface area contributed by atoms with Gasteiger partial charge in [0.1, 0.15) is 34.9 Å². The number of methoxy groups -OCH3 is 2. The summed E-state index contributed by atoms with van der Waals surface area (Å²) in [4.78, 5) is 25.8. The maximum Gasteiger partial charge on any atom is 0.219 e. The molecule has 5 nitrogen and oxygen atoms in total. The Morgan fingerprint density at radius 2 is 1.84 bits per heavy atom. The van der Waals surface area contributed by atoms with Crippen molar-refractivity contribution in [3.8, 4) is 17.2 Å². The summed E-state index contributed by atoms with van der Waals surface area (Å²) in [5.74, 6) is -0.708. The van der Waals surface area contributed by atoms with E-state index in [1.54, 1.807) is 42.5 Å². The van der Waals surface area contributed by atoms with Crippen LogP contribution in [-0.2, 0) is 10.4 Å². The number of Topliss-reactive ketones (excluding diaryl/α,β-unsaturated/α-hetero) is 1. The molecule has 0 unspecified atom stereocenters. The monoisotopic (exact) mass is 454 g/mol. The molecule has 1 aliphatic heterocycles. The third kappa shape index (κ3) is 3.50. The van der Waals surface area contributed by atoms with E-state index < -0.39 is 23.1 Å². The fourth-order valence-electron chi connectivity index (χ4n) is 4.23. The van der Waals surface area contributed by atoms with E-state index in [2.05, 4.69) is 0 Å². The van der Waals surface area contributed by atoms with Gasteiger partial charge in [0.25, 0.3) is 0 Å². The molecule has 3 aromatic carbocycles. The number of carbonyl (C=O) groups is 2. The van der Waals surface area contributed by atoms with E-state index in [0.29, 0.717) is 28.2 Å². The van der Waals surface area contributed by atoms with Crippen molar-refractivity contribution in [1.29, 1.82) is 0 Å². The molecule has 164 valence electrons. The Balaban J connectivity index is 2.00. The van der Waals surface area contributed by atoms with E-state index in [-0.39, 0.29) is 23.5 Å². The highest BCUT2D eigenvalue weighted by Crippen LogP contribution is 2.53. The van der Waals surface area contributed by atoms with Crippen LogP contribution in [0.5, 0.6) is 17.2 Å². The summed E-state index contributed by atoms with van der Waals surface area (Å²) in [6, 6.07) is 15.6. The minimum Gasteiger partial charge on any atom is -0.496 e. The molecule has 0 N–H and O–H groups in total. The molecular weight excluding hydrogens is 435 g/mol. The van der Waals surface area contributed by atoms with Crippen molar-refractivity contribution in [1.82, 2.24) is 0 Å². The molecule has 1 heterocycles. The van der Waals surface area contributed by atoms with Crippen LogP contribution < -0.4 is 14.2 Å². The highest BCUT2D eigenvalue weighted by Gasteiger charge is 2.56. The lowest BCUT2D eigenvalue weighted by Crippen LogP contribution is -2.43. The van der Waals surface area contributed by atoms with Gasteiger partial charge in [0, 0.05) is 35.1 Å². The summed E-state index contributed by atoms with van der Waals surface area (Å²) in [6.07, 6.45) is 0.621. The Bertz CT molecular complexity index is 1180. The van der Waals surface area contributed by atoms with Crippen LogP contribution in [-0.4, -0.2) is 26.3 Å². The lowest BCUT2D eigenvalue weighted by Gasteiger charge is -2.35. The Kier molecular flexibility index (Phi) is 5.89. The van der Waals surface area contributed by atoms with Crippen molar-refractivity contribution in [3.63, 3.8) is 0 Å². The third-order valence-corrected chi connectivity index (χ3v) is 5.93. The third-order valence-electron chi connectivity index (χ3n) is 5.68. The molecule has 0 aliphatic carbocycles. The molecule has 0 amide bonds. The van der Waals surface area contributed by atoms with Gasteiger partial charge in [-0.1, -0.05) is 35.9 Å². The molecule has 1 aliphatic rings. The lowest BCUT2D eigenvalue weighted by molar-refractivity contribution is -0.109. The Hall–Kier alpha value is -3.38. The predicted molar refractivity (Wildman–Crippen MR) is 117 cm³/mol. The van der Waals surface area contributed by atoms with Crippen LogP contribution in [0, 0.1) is 5.82 Å². The molecular formula is C25H20ClFO5. The number of fused-ring (bicyclic) bond motifs is 1. The zero-order valence-corrected chi connectivity index (χ0v) is 18.2. The van der Waals surface area contributed by atoms with Crippen LogP contribution in [0.2, 0.25) is 5.02 Å². The van der Waals surface area contributed by atoms with Crippen molar-refractivity contribution in [3.05, 3.63) is 88.2 Å². The molecule has 7 heteroatoms. The molecule has 3 aromatic rings. The summed E-state index contributed by atoms with van der Waals surface area (Å²) >= 11 is 6.09. The first-order valence-electron chi connectivity index (χ1n) is 9.89. The standard InChI is InChI=1S/C25H20ClFO5/c1-30-19-13-21(31-2)23-22(14-19)32-25(24(23)29,16-6-8-17(26)9-7-16)20(10-11-28)15-4-3-5-18(27)12-15/h3-9,11-14,20H,10H2,1-2H3/t20-,25-/m1/s1. The zero-order valence-electron chi connectivity index (χ0n) is 17.4. The maximum absolute atomic E-state index is 14.1. The van der Waals surface area contributed by atoms with Crippen LogP contribution in [0.25, 0.3) is 0 Å². The lowest BCUT2D eigenvalue weighted by atomic mass is 9.72. The van der Waals surface area contributed by atoms with Gasteiger partial charge in [0.15, 0.2) is 0 Å². The minimum absolute atomic E-state index is 0.0781. The van der Waals surface area contributed by atoms with E-state index in [0.717, 1.165) is 0 Å². The molecule has 0 bridgehead atoms. The van der Waals surface area contributed by atoms with E-state index in [4.69, 9.17) is 25.8 Å². The van der Waals surface area contributed by atoms with E-state index in [9.17, 15) is 14.0 Å². The highest BCUT2D eigenvalue weighted by molar-refractivity contribution is 6.30. The number of hydrogen-bond acceptors (Lipinski definition) is 5. The quantitative estimate of drug-likeness (QED) is 0.451. The SMILES string of the molecule is COc1cc(OC)c2c(c1)O[C@](c1ccc(Cl)cc1)([C@H](CC=O)c1cccc(F)c1)C2=O. The molecule has 0 aromatic heterocycles. The average molecular weight is 455 g/mol. The molecule has 0 spiro atoms. The second kappa shape index (κ2) is 8.63. The van der Waals surface area contributed by atoms with Crippen LogP contribution in [0.4, 0.5) is 4.39 Å². The van der Waals surface area contributed by atoms with E-state index >= 15 is 0 Å². The molecule has 4 rings (SSSR count). The topological polar surface area (TPSA) is 61.8 Å². The van der Waals surface area contributed by atoms with Gasteiger partial charge in [-0.05, 0) is 29.8 Å². The first-order chi connectivity index (χ1) is 15.4. The number of ether oxygens (including phenoxy) is 3. The van der Waals surface area contributed by atoms with Gasteiger partial charge in [-0.25, -0.2) is 4.39 Å².